The van der Waals surface area contributed by atoms with Gasteiger partial charge in [-0.2, -0.15) is 0 Å². The minimum Gasteiger partial charge on any atom is -0.465 e. The van der Waals surface area contributed by atoms with Crippen molar-refractivity contribution in [2.24, 2.45) is 11.8 Å². The molecule has 0 amide bonds. The van der Waals surface area contributed by atoms with Gasteiger partial charge in [-0.15, -0.1) is 11.3 Å². The van der Waals surface area contributed by atoms with Crippen LogP contribution in [0.15, 0.2) is 42.0 Å². The summed E-state index contributed by atoms with van der Waals surface area (Å²) in [7, 11) is 1.48. The first-order valence-corrected chi connectivity index (χ1v) is 11.2. The van der Waals surface area contributed by atoms with Crippen molar-refractivity contribution in [1.82, 2.24) is 5.32 Å². The number of esters is 1. The Kier molecular flexibility index (Phi) is 5.98. The molecule has 1 aromatic carbocycles. The van der Waals surface area contributed by atoms with Crippen molar-refractivity contribution in [3.63, 3.8) is 0 Å². The summed E-state index contributed by atoms with van der Waals surface area (Å²) in [4.78, 5) is 14.5. The normalized spacial score (nSPS) is 22.9. The molecule has 0 atom stereocenters. The van der Waals surface area contributed by atoms with E-state index in [2.05, 4.69) is 30.4 Å². The van der Waals surface area contributed by atoms with Crippen LogP contribution in [0.25, 0.3) is 16.0 Å². The SMILES string of the molecule is COC(=O)c1sc(-c2ccccc2)cc1C1=C(C2CCC(C)CC2)CNCC1. The minimum absolute atomic E-state index is 0.218. The molecule has 1 saturated carbocycles. The second-order valence-electron chi connectivity index (χ2n) is 8.10. The number of methoxy groups -OCH3 is 1. The second kappa shape index (κ2) is 8.62. The summed E-state index contributed by atoms with van der Waals surface area (Å²) < 4.78 is 5.15. The zero-order chi connectivity index (χ0) is 19.5. The molecule has 0 spiro atoms. The quantitative estimate of drug-likeness (QED) is 0.667. The van der Waals surface area contributed by atoms with Gasteiger partial charge in [0.15, 0.2) is 0 Å². The largest absolute Gasteiger partial charge is 0.465 e. The van der Waals surface area contributed by atoms with Crippen LogP contribution in [0.2, 0.25) is 0 Å². The van der Waals surface area contributed by atoms with E-state index in [1.807, 2.05) is 18.2 Å². The predicted molar refractivity (Wildman–Crippen MR) is 117 cm³/mol. The Bertz CT molecular complexity index is 860. The van der Waals surface area contributed by atoms with Crippen LogP contribution >= 0.6 is 11.3 Å². The van der Waals surface area contributed by atoms with Gasteiger partial charge in [-0.3, -0.25) is 0 Å². The van der Waals surface area contributed by atoms with Crippen LogP contribution in [-0.2, 0) is 4.74 Å². The van der Waals surface area contributed by atoms with Crippen molar-refractivity contribution >= 4 is 22.9 Å². The van der Waals surface area contributed by atoms with Crippen LogP contribution in [0.4, 0.5) is 0 Å². The van der Waals surface area contributed by atoms with Crippen molar-refractivity contribution in [3.05, 3.63) is 52.4 Å². The molecule has 1 aromatic heterocycles. The summed E-state index contributed by atoms with van der Waals surface area (Å²) in [5, 5.41) is 3.57. The van der Waals surface area contributed by atoms with Crippen LogP contribution < -0.4 is 5.32 Å². The zero-order valence-corrected chi connectivity index (χ0v) is 17.6. The molecule has 2 heterocycles. The molecular formula is C24H29NO2S. The van der Waals surface area contributed by atoms with Gasteiger partial charge in [-0.1, -0.05) is 50.1 Å². The van der Waals surface area contributed by atoms with Crippen LogP contribution in [0.1, 0.15) is 54.3 Å². The zero-order valence-electron chi connectivity index (χ0n) is 16.8. The molecule has 1 aliphatic carbocycles. The maximum atomic E-state index is 12.6. The topological polar surface area (TPSA) is 38.3 Å². The number of nitrogens with one attached hydrogen (secondary N) is 1. The van der Waals surface area contributed by atoms with E-state index in [1.54, 1.807) is 11.3 Å². The first kappa shape index (κ1) is 19.4. The molecule has 0 saturated heterocycles. The number of hydrogen-bond acceptors (Lipinski definition) is 4. The van der Waals surface area contributed by atoms with E-state index in [-0.39, 0.29) is 5.97 Å². The van der Waals surface area contributed by atoms with E-state index in [1.165, 1.54) is 43.9 Å². The predicted octanol–water partition coefficient (Wildman–Crippen LogP) is 5.77. The smallest absolute Gasteiger partial charge is 0.348 e. The highest BCUT2D eigenvalue weighted by atomic mass is 32.1. The molecule has 148 valence electrons. The van der Waals surface area contributed by atoms with Gasteiger partial charge in [0.1, 0.15) is 4.88 Å². The fraction of sp³-hybridized carbons (Fsp3) is 0.458. The molecule has 28 heavy (non-hydrogen) atoms. The number of rotatable bonds is 4. The lowest BCUT2D eigenvalue weighted by atomic mass is 9.76. The van der Waals surface area contributed by atoms with Gasteiger partial charge < -0.3 is 10.1 Å². The molecule has 0 bridgehead atoms. The summed E-state index contributed by atoms with van der Waals surface area (Å²) in [5.74, 6) is 1.27. The van der Waals surface area contributed by atoms with Crippen LogP contribution in [0, 0.1) is 11.8 Å². The average molecular weight is 396 g/mol. The van der Waals surface area contributed by atoms with Gasteiger partial charge in [-0.05, 0) is 60.4 Å². The third-order valence-electron chi connectivity index (χ3n) is 6.25. The number of thiophene rings is 1. The lowest BCUT2D eigenvalue weighted by molar-refractivity contribution is 0.0606. The number of ether oxygens (including phenoxy) is 1. The van der Waals surface area contributed by atoms with Gasteiger partial charge >= 0.3 is 5.97 Å². The summed E-state index contributed by atoms with van der Waals surface area (Å²) in [5.41, 5.74) is 5.18. The Hall–Kier alpha value is -1.91. The Morgan fingerprint density at radius 1 is 1.14 bits per heavy atom. The van der Waals surface area contributed by atoms with Crippen LogP contribution in [0.3, 0.4) is 0 Å². The second-order valence-corrected chi connectivity index (χ2v) is 9.15. The standard InChI is InChI=1S/C24H29NO2S/c1-16-8-10-17(11-9-16)21-15-25-13-12-19(21)20-14-22(18-6-4-3-5-7-18)28-23(20)24(26)27-2/h3-7,14,16-17,25H,8-13,15H2,1-2H3. The Labute approximate surface area is 171 Å². The van der Waals surface area contributed by atoms with Gasteiger partial charge in [0.05, 0.1) is 7.11 Å². The first-order valence-electron chi connectivity index (χ1n) is 10.4. The van der Waals surface area contributed by atoms with E-state index in [4.69, 9.17) is 4.74 Å². The number of benzene rings is 1. The Balaban J connectivity index is 1.78. The number of carbonyl (C=O) groups is 1. The maximum Gasteiger partial charge on any atom is 0.348 e. The number of carbonyl (C=O) groups excluding carboxylic acids is 1. The molecule has 0 unspecified atom stereocenters. The number of hydrogen-bond donors (Lipinski definition) is 1. The highest BCUT2D eigenvalue weighted by Gasteiger charge is 2.29. The van der Waals surface area contributed by atoms with E-state index in [0.717, 1.165) is 46.3 Å². The molecule has 2 aromatic rings. The van der Waals surface area contributed by atoms with Crippen molar-refractivity contribution in [2.45, 2.75) is 39.0 Å². The third kappa shape index (κ3) is 3.94. The first-order chi connectivity index (χ1) is 13.7. The maximum absolute atomic E-state index is 12.6. The molecule has 3 nitrogen and oxygen atoms in total. The fourth-order valence-electron chi connectivity index (χ4n) is 4.61. The molecule has 1 fully saturated rings. The monoisotopic (exact) mass is 395 g/mol. The van der Waals surface area contributed by atoms with Crippen molar-refractivity contribution < 1.29 is 9.53 Å². The molecule has 0 radical (unpaired) electrons. The van der Waals surface area contributed by atoms with E-state index >= 15 is 0 Å². The minimum atomic E-state index is -0.218. The molecule has 4 heteroatoms. The summed E-state index contributed by atoms with van der Waals surface area (Å²) in [6.45, 7) is 4.29. The Morgan fingerprint density at radius 3 is 2.61 bits per heavy atom. The van der Waals surface area contributed by atoms with Crippen molar-refractivity contribution in [2.75, 3.05) is 20.2 Å². The summed E-state index contributed by atoms with van der Waals surface area (Å²) >= 11 is 1.56. The third-order valence-corrected chi connectivity index (χ3v) is 7.41. The van der Waals surface area contributed by atoms with Gasteiger partial charge in [0.2, 0.25) is 0 Å². The average Bonchev–Trinajstić information content (AvgIpc) is 3.20. The molecule has 1 N–H and O–H groups in total. The van der Waals surface area contributed by atoms with Crippen molar-refractivity contribution in [3.8, 4) is 10.4 Å². The lowest BCUT2D eigenvalue weighted by Crippen LogP contribution is -2.30. The highest BCUT2D eigenvalue weighted by molar-refractivity contribution is 7.17. The Morgan fingerprint density at radius 2 is 1.89 bits per heavy atom. The molecule has 2 aliphatic rings. The van der Waals surface area contributed by atoms with Gasteiger partial charge in [0.25, 0.3) is 0 Å². The fourth-order valence-corrected chi connectivity index (χ4v) is 5.72. The highest BCUT2D eigenvalue weighted by Crippen LogP contribution is 2.42. The van der Waals surface area contributed by atoms with E-state index in [0.29, 0.717) is 5.92 Å². The molecule has 4 rings (SSSR count). The summed E-state index contributed by atoms with van der Waals surface area (Å²) in [6.07, 6.45) is 6.14. The molecular weight excluding hydrogens is 366 g/mol. The van der Waals surface area contributed by atoms with Crippen LogP contribution in [-0.4, -0.2) is 26.2 Å². The molecule has 1 aliphatic heterocycles. The lowest BCUT2D eigenvalue weighted by Gasteiger charge is -2.33. The van der Waals surface area contributed by atoms with Crippen LogP contribution in [0.5, 0.6) is 0 Å². The van der Waals surface area contributed by atoms with Gasteiger partial charge in [-0.25, -0.2) is 4.79 Å². The van der Waals surface area contributed by atoms with Crippen molar-refractivity contribution in [1.29, 1.82) is 0 Å². The summed E-state index contributed by atoms with van der Waals surface area (Å²) in [6, 6.07) is 12.6. The van der Waals surface area contributed by atoms with E-state index < -0.39 is 0 Å². The van der Waals surface area contributed by atoms with E-state index in [9.17, 15) is 4.79 Å². The van der Waals surface area contributed by atoms with Gasteiger partial charge in [0, 0.05) is 17.0 Å².